The second kappa shape index (κ2) is 7.87. The molecule has 6 nitrogen and oxygen atoms in total. The average Bonchev–Trinajstić information content (AvgIpc) is 3.02. The third-order valence-corrected chi connectivity index (χ3v) is 4.24. The fraction of sp³-hybridized carbons (Fsp3) is 0.316. The van der Waals surface area contributed by atoms with E-state index < -0.39 is 11.9 Å². The molecule has 1 aromatic carbocycles. The Balaban J connectivity index is 2.08. The Bertz CT molecular complexity index is 981. The van der Waals surface area contributed by atoms with Crippen LogP contribution in [-0.4, -0.2) is 27.4 Å². The van der Waals surface area contributed by atoms with Crippen molar-refractivity contribution in [2.45, 2.75) is 32.5 Å². The second-order valence-corrected chi connectivity index (χ2v) is 6.30. The van der Waals surface area contributed by atoms with Crippen LogP contribution in [-0.2, 0) is 12.7 Å². The lowest BCUT2D eigenvalue weighted by Gasteiger charge is -2.13. The van der Waals surface area contributed by atoms with Crippen molar-refractivity contribution in [2.24, 2.45) is 0 Å². The number of nitrogens with two attached hydrogens (primary N) is 1. The molecule has 0 saturated heterocycles. The highest BCUT2D eigenvalue weighted by molar-refractivity contribution is 5.88. The molecule has 2 heterocycles. The van der Waals surface area contributed by atoms with Crippen molar-refractivity contribution in [3.05, 3.63) is 47.2 Å². The Hall–Kier alpha value is -3.10. The minimum atomic E-state index is -4.60. The summed E-state index contributed by atoms with van der Waals surface area (Å²) in [6.45, 7) is 2.24. The topological polar surface area (TPSA) is 83.0 Å². The molecule has 0 aliphatic rings. The summed E-state index contributed by atoms with van der Waals surface area (Å²) in [7, 11) is 0. The predicted molar refractivity (Wildman–Crippen MR) is 98.3 cm³/mol. The Morgan fingerprint density at radius 2 is 1.93 bits per heavy atom. The minimum Gasteiger partial charge on any atom is -0.463 e. The number of hydrogen-bond donors (Lipinski definition) is 1. The van der Waals surface area contributed by atoms with Gasteiger partial charge in [-0.3, -0.25) is 4.79 Å². The van der Waals surface area contributed by atoms with Gasteiger partial charge < -0.3 is 15.0 Å². The smallest absolute Gasteiger partial charge is 0.431 e. The number of unbranched alkanes of at least 4 members (excludes halogenated alkanes) is 1. The van der Waals surface area contributed by atoms with E-state index in [-0.39, 0.29) is 29.4 Å². The quantitative estimate of drug-likeness (QED) is 0.484. The van der Waals surface area contributed by atoms with Gasteiger partial charge in [0, 0.05) is 12.1 Å². The number of hydrogen-bond acceptors (Lipinski definition) is 5. The molecule has 2 aromatic heterocycles. The van der Waals surface area contributed by atoms with Crippen molar-refractivity contribution in [1.29, 1.82) is 0 Å². The first kappa shape index (κ1) is 19.7. The molecule has 0 unspecified atom stereocenters. The molecule has 9 heteroatoms. The number of carbonyl (C=O) groups excluding carboxylic acids is 1. The van der Waals surface area contributed by atoms with Gasteiger partial charge in [-0.05, 0) is 18.1 Å². The number of rotatable bonds is 7. The van der Waals surface area contributed by atoms with Crippen LogP contribution >= 0.6 is 0 Å². The van der Waals surface area contributed by atoms with Gasteiger partial charge in [-0.25, -0.2) is 0 Å². The third-order valence-electron chi connectivity index (χ3n) is 4.24. The van der Waals surface area contributed by atoms with Gasteiger partial charge in [0.25, 0.3) is 0 Å². The van der Waals surface area contributed by atoms with E-state index in [9.17, 15) is 18.0 Å². The molecule has 0 saturated carbocycles. The Kier molecular flexibility index (Phi) is 5.53. The van der Waals surface area contributed by atoms with Crippen LogP contribution < -0.4 is 10.5 Å². The zero-order chi connectivity index (χ0) is 20.3. The fourth-order valence-electron chi connectivity index (χ4n) is 2.78. The maximum absolute atomic E-state index is 13.6. The molecule has 28 heavy (non-hydrogen) atoms. The summed E-state index contributed by atoms with van der Waals surface area (Å²) in [5, 5.41) is 0.111. The number of nitrogens with zero attached hydrogens (tertiary/aromatic N) is 3. The van der Waals surface area contributed by atoms with Gasteiger partial charge in [-0.2, -0.15) is 23.1 Å². The van der Waals surface area contributed by atoms with Crippen molar-refractivity contribution in [1.82, 2.24) is 14.5 Å². The number of fused-ring (bicyclic) bond motifs is 1. The summed E-state index contributed by atoms with van der Waals surface area (Å²) in [4.78, 5) is 18.9. The van der Waals surface area contributed by atoms with Gasteiger partial charge in [0.1, 0.15) is 23.4 Å². The van der Waals surface area contributed by atoms with Crippen LogP contribution in [0.2, 0.25) is 0 Å². The first-order valence-corrected chi connectivity index (χ1v) is 8.74. The van der Waals surface area contributed by atoms with E-state index in [2.05, 4.69) is 9.97 Å². The van der Waals surface area contributed by atoms with E-state index in [1.54, 1.807) is 24.3 Å². The predicted octanol–water partition coefficient (Wildman–Crippen LogP) is 4.07. The van der Waals surface area contributed by atoms with E-state index >= 15 is 0 Å². The molecule has 148 valence electrons. The molecule has 3 rings (SSSR count). The first-order chi connectivity index (χ1) is 13.3. The Labute approximate surface area is 159 Å². The van der Waals surface area contributed by atoms with Gasteiger partial charge in [0.15, 0.2) is 0 Å². The van der Waals surface area contributed by atoms with Gasteiger partial charge in [0.05, 0.1) is 12.0 Å². The van der Waals surface area contributed by atoms with Gasteiger partial charge in [0.2, 0.25) is 0 Å². The average molecular weight is 392 g/mol. The maximum Gasteiger partial charge on any atom is 0.431 e. The van der Waals surface area contributed by atoms with E-state index in [0.29, 0.717) is 24.0 Å². The summed E-state index contributed by atoms with van der Waals surface area (Å²) in [5.41, 5.74) is 6.06. The van der Waals surface area contributed by atoms with Gasteiger partial charge >= 0.3 is 12.2 Å². The molecule has 2 N–H and O–H groups in total. The minimum absolute atomic E-state index is 0.0470. The monoisotopic (exact) mass is 392 g/mol. The lowest BCUT2D eigenvalue weighted by molar-refractivity contribution is -0.143. The molecule has 0 bridgehead atoms. The zero-order valence-electron chi connectivity index (χ0n) is 15.2. The summed E-state index contributed by atoms with van der Waals surface area (Å²) in [6, 6.07) is 7.18. The number of ether oxygens (including phenoxy) is 1. The molecule has 0 radical (unpaired) electrons. The van der Waals surface area contributed by atoms with Crippen molar-refractivity contribution in [3.8, 4) is 6.01 Å². The molecular formula is C19H19F3N4O2. The van der Waals surface area contributed by atoms with Gasteiger partial charge in [-0.1, -0.05) is 37.6 Å². The highest BCUT2D eigenvalue weighted by Gasteiger charge is 2.36. The molecule has 3 aromatic rings. The number of benzene rings is 1. The fourth-order valence-corrected chi connectivity index (χ4v) is 2.78. The SMILES string of the molecule is CCCCOc1nc(N)c2cc(C(F)(F)F)n(Cc3ccc(C=O)cc3)c2n1. The number of aldehydes is 1. The summed E-state index contributed by atoms with van der Waals surface area (Å²) in [6.07, 6.45) is -2.27. The number of nitrogen functional groups attached to an aromatic ring is 1. The summed E-state index contributed by atoms with van der Waals surface area (Å²) < 4.78 is 47.3. The van der Waals surface area contributed by atoms with Crippen molar-refractivity contribution in [2.75, 3.05) is 12.3 Å². The lowest BCUT2D eigenvalue weighted by atomic mass is 10.1. The normalized spacial score (nSPS) is 11.7. The molecular weight excluding hydrogens is 373 g/mol. The van der Waals surface area contributed by atoms with Crippen LogP contribution in [0.15, 0.2) is 30.3 Å². The zero-order valence-corrected chi connectivity index (χ0v) is 15.2. The van der Waals surface area contributed by atoms with E-state index in [4.69, 9.17) is 10.5 Å². The first-order valence-electron chi connectivity index (χ1n) is 8.74. The number of carbonyl (C=O) groups is 1. The Morgan fingerprint density at radius 3 is 2.54 bits per heavy atom. The standard InChI is InChI=1S/C19H19F3N4O2/c1-2-3-8-28-18-24-16(23)14-9-15(19(20,21)22)26(17(14)25-18)10-12-4-6-13(11-27)7-5-12/h4-7,9,11H,2-3,8,10H2,1H3,(H2,23,24,25). The van der Waals surface area contributed by atoms with Crippen molar-refractivity contribution in [3.63, 3.8) is 0 Å². The Morgan fingerprint density at radius 1 is 1.21 bits per heavy atom. The van der Waals surface area contributed by atoms with E-state index in [1.807, 2.05) is 6.92 Å². The van der Waals surface area contributed by atoms with Crippen LogP contribution in [0.3, 0.4) is 0 Å². The summed E-state index contributed by atoms with van der Waals surface area (Å²) in [5.74, 6) is -0.0722. The highest BCUT2D eigenvalue weighted by atomic mass is 19.4. The van der Waals surface area contributed by atoms with Crippen LogP contribution in [0.5, 0.6) is 6.01 Å². The third kappa shape index (κ3) is 4.08. The molecule has 0 amide bonds. The van der Waals surface area contributed by atoms with E-state index in [1.165, 1.54) is 0 Å². The molecule has 0 spiro atoms. The van der Waals surface area contributed by atoms with Crippen LogP contribution in [0.1, 0.15) is 41.4 Å². The van der Waals surface area contributed by atoms with E-state index in [0.717, 1.165) is 23.5 Å². The summed E-state index contributed by atoms with van der Waals surface area (Å²) >= 11 is 0. The van der Waals surface area contributed by atoms with Crippen molar-refractivity contribution >= 4 is 23.1 Å². The highest BCUT2D eigenvalue weighted by Crippen LogP contribution is 2.36. The van der Waals surface area contributed by atoms with Crippen LogP contribution in [0.4, 0.5) is 19.0 Å². The number of halogens is 3. The number of anilines is 1. The van der Waals surface area contributed by atoms with Crippen LogP contribution in [0.25, 0.3) is 11.0 Å². The number of alkyl halides is 3. The molecule has 0 atom stereocenters. The number of aromatic nitrogens is 3. The molecule has 0 aliphatic heterocycles. The lowest BCUT2D eigenvalue weighted by Crippen LogP contribution is -2.15. The largest absolute Gasteiger partial charge is 0.463 e. The molecule has 0 aliphatic carbocycles. The molecule has 0 fully saturated rings. The van der Waals surface area contributed by atoms with Gasteiger partial charge in [-0.15, -0.1) is 0 Å². The van der Waals surface area contributed by atoms with Crippen molar-refractivity contribution < 1.29 is 22.7 Å². The van der Waals surface area contributed by atoms with Crippen LogP contribution in [0, 0.1) is 0 Å². The second-order valence-electron chi connectivity index (χ2n) is 6.30. The maximum atomic E-state index is 13.6.